The number of hydrogen-bond donors (Lipinski definition) is 1. The second-order valence-electron chi connectivity index (χ2n) is 5.92. The van der Waals surface area contributed by atoms with Crippen molar-refractivity contribution in [2.45, 2.75) is 13.3 Å². The van der Waals surface area contributed by atoms with Gasteiger partial charge in [-0.25, -0.2) is 9.69 Å². The number of nitrogens with one attached hydrogen (secondary N) is 1. The molecule has 1 aliphatic heterocycles. The van der Waals surface area contributed by atoms with E-state index in [4.69, 9.17) is 27.9 Å². The maximum atomic E-state index is 12.9. The molecule has 0 saturated carbocycles. The van der Waals surface area contributed by atoms with Crippen LogP contribution in [0.3, 0.4) is 0 Å². The van der Waals surface area contributed by atoms with E-state index < -0.39 is 17.8 Å². The number of amides is 2. The van der Waals surface area contributed by atoms with Crippen LogP contribution in [0.4, 0.5) is 11.4 Å². The Morgan fingerprint density at radius 2 is 1.82 bits per heavy atom. The summed E-state index contributed by atoms with van der Waals surface area (Å²) in [5.74, 6) is -2.02. The summed E-state index contributed by atoms with van der Waals surface area (Å²) in [6.45, 7) is 2.10. The van der Waals surface area contributed by atoms with Gasteiger partial charge in [0.05, 0.1) is 17.9 Å². The number of anilines is 2. The number of carbonyl (C=O) groups excluding carboxylic acids is 3. The molecular formula is C20H16Cl2N2O4. The van der Waals surface area contributed by atoms with Crippen LogP contribution in [0.15, 0.2) is 59.3 Å². The van der Waals surface area contributed by atoms with Crippen molar-refractivity contribution < 1.29 is 19.1 Å². The van der Waals surface area contributed by atoms with Gasteiger partial charge >= 0.3 is 5.97 Å². The zero-order chi connectivity index (χ0) is 20.3. The normalized spacial score (nSPS) is 13.9. The van der Waals surface area contributed by atoms with Crippen molar-refractivity contribution in [1.29, 1.82) is 0 Å². The van der Waals surface area contributed by atoms with Crippen LogP contribution in [0.25, 0.3) is 0 Å². The fraction of sp³-hybridized carbons (Fsp3) is 0.150. The molecule has 2 aromatic carbocycles. The molecule has 1 N–H and O–H groups in total. The zero-order valence-electron chi connectivity index (χ0n) is 14.9. The summed E-state index contributed by atoms with van der Waals surface area (Å²) in [5.41, 5.74) is 0.621. The summed E-state index contributed by atoms with van der Waals surface area (Å²) in [6, 6.07) is 12.9. The molecule has 28 heavy (non-hydrogen) atoms. The largest absolute Gasteiger partial charge is 0.462 e. The van der Waals surface area contributed by atoms with Gasteiger partial charge in [0.1, 0.15) is 10.7 Å². The van der Waals surface area contributed by atoms with E-state index in [0.29, 0.717) is 17.1 Å². The van der Waals surface area contributed by atoms with E-state index in [1.807, 2.05) is 6.92 Å². The average Bonchev–Trinajstić information content (AvgIpc) is 2.89. The van der Waals surface area contributed by atoms with Gasteiger partial charge in [-0.15, -0.1) is 0 Å². The van der Waals surface area contributed by atoms with Crippen LogP contribution in [-0.2, 0) is 14.3 Å². The Hall–Kier alpha value is -2.83. The Balaban J connectivity index is 1.93. The number of nitrogens with zero attached hydrogens (tertiary/aromatic N) is 1. The van der Waals surface area contributed by atoms with Crippen LogP contribution in [0.2, 0.25) is 5.02 Å². The van der Waals surface area contributed by atoms with E-state index in [1.54, 1.807) is 36.4 Å². The Bertz CT molecular complexity index is 988. The number of imide groups is 1. The van der Waals surface area contributed by atoms with E-state index in [2.05, 4.69) is 5.32 Å². The monoisotopic (exact) mass is 418 g/mol. The van der Waals surface area contributed by atoms with Gasteiger partial charge in [0, 0.05) is 10.7 Å². The Morgan fingerprint density at radius 1 is 1.07 bits per heavy atom. The minimum Gasteiger partial charge on any atom is -0.462 e. The maximum absolute atomic E-state index is 12.9. The minimum absolute atomic E-state index is 0.0920. The first-order valence-corrected chi connectivity index (χ1v) is 9.27. The number of para-hydroxylation sites is 1. The third-order valence-corrected chi connectivity index (χ3v) is 4.51. The molecule has 1 heterocycles. The lowest BCUT2D eigenvalue weighted by Crippen LogP contribution is -2.33. The van der Waals surface area contributed by atoms with Gasteiger partial charge in [-0.2, -0.15) is 0 Å². The zero-order valence-corrected chi connectivity index (χ0v) is 16.4. The van der Waals surface area contributed by atoms with Crippen LogP contribution >= 0.6 is 23.2 Å². The molecular weight excluding hydrogens is 403 g/mol. The summed E-state index contributed by atoms with van der Waals surface area (Å²) >= 11 is 12.1. The van der Waals surface area contributed by atoms with Crippen molar-refractivity contribution in [3.8, 4) is 0 Å². The topological polar surface area (TPSA) is 75.7 Å². The molecule has 0 bridgehead atoms. The lowest BCUT2D eigenvalue weighted by Gasteiger charge is -2.18. The van der Waals surface area contributed by atoms with Gasteiger partial charge in [0.25, 0.3) is 11.8 Å². The van der Waals surface area contributed by atoms with Gasteiger partial charge in [0.15, 0.2) is 0 Å². The summed E-state index contributed by atoms with van der Waals surface area (Å²) in [6.07, 6.45) is 0.649. The third kappa shape index (κ3) is 3.88. The highest BCUT2D eigenvalue weighted by Gasteiger charge is 2.40. The SMILES string of the molecule is CCCOC(=O)c1ccccc1N1C(=O)C(Cl)=C(Nc2cccc(Cl)c2)C1=O. The molecule has 0 fully saturated rings. The summed E-state index contributed by atoms with van der Waals surface area (Å²) in [5, 5.41) is 3.01. The summed E-state index contributed by atoms with van der Waals surface area (Å²) < 4.78 is 5.15. The highest BCUT2D eigenvalue weighted by Crippen LogP contribution is 2.32. The van der Waals surface area contributed by atoms with Crippen LogP contribution in [0.1, 0.15) is 23.7 Å². The number of hydrogen-bond acceptors (Lipinski definition) is 5. The van der Waals surface area contributed by atoms with Gasteiger partial charge in [-0.3, -0.25) is 9.59 Å². The maximum Gasteiger partial charge on any atom is 0.340 e. The molecule has 1 aliphatic rings. The molecule has 0 saturated heterocycles. The van der Waals surface area contributed by atoms with Crippen LogP contribution in [-0.4, -0.2) is 24.4 Å². The van der Waals surface area contributed by atoms with E-state index in [-0.39, 0.29) is 28.6 Å². The Labute approximate surface area is 171 Å². The first kappa shape index (κ1) is 19.9. The number of ether oxygens (including phenoxy) is 1. The average molecular weight is 419 g/mol. The van der Waals surface area contributed by atoms with Crippen molar-refractivity contribution >= 4 is 52.4 Å². The fourth-order valence-corrected chi connectivity index (χ4v) is 3.06. The molecule has 0 radical (unpaired) electrons. The molecule has 8 heteroatoms. The number of rotatable bonds is 6. The van der Waals surface area contributed by atoms with Crippen molar-refractivity contribution in [1.82, 2.24) is 0 Å². The fourth-order valence-electron chi connectivity index (χ4n) is 2.65. The van der Waals surface area contributed by atoms with Gasteiger partial charge in [0.2, 0.25) is 0 Å². The molecule has 2 aromatic rings. The van der Waals surface area contributed by atoms with E-state index >= 15 is 0 Å². The predicted octanol–water partition coefficient (Wildman–Crippen LogP) is 4.34. The molecule has 0 aromatic heterocycles. The Morgan fingerprint density at radius 3 is 2.54 bits per heavy atom. The lowest BCUT2D eigenvalue weighted by atomic mass is 10.1. The first-order chi connectivity index (χ1) is 13.4. The Kier molecular flexibility index (Phi) is 6.02. The predicted molar refractivity (Wildman–Crippen MR) is 107 cm³/mol. The van der Waals surface area contributed by atoms with Crippen molar-refractivity contribution in [2.24, 2.45) is 0 Å². The quantitative estimate of drug-likeness (QED) is 0.557. The highest BCUT2D eigenvalue weighted by atomic mass is 35.5. The van der Waals surface area contributed by atoms with Crippen molar-refractivity contribution in [3.05, 3.63) is 69.8 Å². The molecule has 0 spiro atoms. The van der Waals surface area contributed by atoms with E-state index in [9.17, 15) is 14.4 Å². The smallest absolute Gasteiger partial charge is 0.340 e. The van der Waals surface area contributed by atoms with Crippen LogP contribution < -0.4 is 10.2 Å². The lowest BCUT2D eigenvalue weighted by molar-refractivity contribution is -0.120. The van der Waals surface area contributed by atoms with Gasteiger partial charge in [-0.1, -0.05) is 48.3 Å². The van der Waals surface area contributed by atoms with E-state index in [1.165, 1.54) is 12.1 Å². The van der Waals surface area contributed by atoms with E-state index in [0.717, 1.165) is 4.90 Å². The van der Waals surface area contributed by atoms with Crippen LogP contribution in [0, 0.1) is 0 Å². The molecule has 0 aliphatic carbocycles. The minimum atomic E-state index is -0.730. The van der Waals surface area contributed by atoms with Crippen molar-refractivity contribution in [2.75, 3.05) is 16.8 Å². The number of carbonyl (C=O) groups is 3. The second-order valence-corrected chi connectivity index (χ2v) is 6.74. The van der Waals surface area contributed by atoms with Crippen LogP contribution in [0.5, 0.6) is 0 Å². The van der Waals surface area contributed by atoms with Gasteiger partial charge < -0.3 is 10.1 Å². The number of benzene rings is 2. The highest BCUT2D eigenvalue weighted by molar-refractivity contribution is 6.53. The first-order valence-electron chi connectivity index (χ1n) is 8.51. The standard InChI is InChI=1S/C20H16Cl2N2O4/c1-2-10-28-20(27)14-8-3-4-9-15(14)24-18(25)16(22)17(19(24)26)23-13-7-5-6-12(21)11-13/h3-9,11,23H,2,10H2,1H3. The summed E-state index contributed by atoms with van der Waals surface area (Å²) in [7, 11) is 0. The summed E-state index contributed by atoms with van der Waals surface area (Å²) in [4.78, 5) is 38.8. The third-order valence-electron chi connectivity index (χ3n) is 3.92. The molecule has 144 valence electrons. The van der Waals surface area contributed by atoms with Gasteiger partial charge in [-0.05, 0) is 36.8 Å². The molecule has 2 amide bonds. The molecule has 3 rings (SSSR count). The molecule has 0 atom stereocenters. The second kappa shape index (κ2) is 8.46. The number of esters is 1. The molecule has 6 nitrogen and oxygen atoms in total. The molecule has 0 unspecified atom stereocenters. The van der Waals surface area contributed by atoms with Crippen molar-refractivity contribution in [3.63, 3.8) is 0 Å². The number of halogens is 2.